The van der Waals surface area contributed by atoms with Crippen molar-refractivity contribution in [2.75, 3.05) is 7.05 Å². The van der Waals surface area contributed by atoms with E-state index in [0.29, 0.717) is 13.0 Å². The fourth-order valence-corrected chi connectivity index (χ4v) is 1.93. The zero-order chi connectivity index (χ0) is 10.6. The maximum absolute atomic E-state index is 11.6. The second-order valence-electron chi connectivity index (χ2n) is 3.29. The Morgan fingerprint density at radius 1 is 1.71 bits per heavy atom. The van der Waals surface area contributed by atoms with Crippen molar-refractivity contribution >= 4 is 17.2 Å². The van der Waals surface area contributed by atoms with Crippen molar-refractivity contribution in [1.29, 1.82) is 0 Å². The van der Waals surface area contributed by atoms with Crippen LogP contribution in [0, 0.1) is 0 Å². The maximum Gasteiger partial charge on any atom is 0.239 e. The van der Waals surface area contributed by atoms with Gasteiger partial charge in [-0.15, -0.1) is 11.3 Å². The van der Waals surface area contributed by atoms with Gasteiger partial charge in [-0.3, -0.25) is 4.79 Å². The zero-order valence-corrected chi connectivity index (χ0v) is 9.38. The highest BCUT2D eigenvalue weighted by molar-refractivity contribution is 7.09. The topological polar surface area (TPSA) is 46.3 Å². The van der Waals surface area contributed by atoms with Crippen LogP contribution in [-0.4, -0.2) is 23.9 Å². The van der Waals surface area contributed by atoms with Crippen molar-refractivity contribution in [3.05, 3.63) is 22.4 Å². The smallest absolute Gasteiger partial charge is 0.239 e. The molecule has 0 fully saturated rings. The molecule has 4 heteroatoms. The summed E-state index contributed by atoms with van der Waals surface area (Å²) in [6.45, 7) is 2.58. The summed E-state index contributed by atoms with van der Waals surface area (Å²) >= 11 is 1.65. The van der Waals surface area contributed by atoms with E-state index in [1.54, 1.807) is 23.3 Å². The molecule has 1 rings (SSSR count). The SMILES string of the molecule is CC[C@@H](N)C(=O)N(C)Cc1cccs1. The number of rotatable bonds is 4. The Labute approximate surface area is 88.5 Å². The highest BCUT2D eigenvalue weighted by atomic mass is 32.1. The molecule has 0 aliphatic rings. The zero-order valence-electron chi connectivity index (χ0n) is 8.56. The molecular weight excluding hydrogens is 196 g/mol. The van der Waals surface area contributed by atoms with Gasteiger partial charge < -0.3 is 10.6 Å². The van der Waals surface area contributed by atoms with Crippen molar-refractivity contribution in [2.45, 2.75) is 25.9 Å². The van der Waals surface area contributed by atoms with Crippen LogP contribution in [0.5, 0.6) is 0 Å². The average molecular weight is 212 g/mol. The van der Waals surface area contributed by atoms with Gasteiger partial charge in [-0.1, -0.05) is 13.0 Å². The van der Waals surface area contributed by atoms with Gasteiger partial charge in [-0.2, -0.15) is 0 Å². The number of thiophene rings is 1. The van der Waals surface area contributed by atoms with Crippen LogP contribution in [0.15, 0.2) is 17.5 Å². The molecule has 14 heavy (non-hydrogen) atoms. The summed E-state index contributed by atoms with van der Waals surface area (Å²) < 4.78 is 0. The third-order valence-electron chi connectivity index (χ3n) is 2.11. The predicted molar refractivity (Wildman–Crippen MR) is 59.1 cm³/mol. The van der Waals surface area contributed by atoms with E-state index in [1.165, 1.54) is 4.88 Å². The van der Waals surface area contributed by atoms with Crippen LogP contribution in [0.2, 0.25) is 0 Å². The Balaban J connectivity index is 2.50. The summed E-state index contributed by atoms with van der Waals surface area (Å²) in [4.78, 5) is 14.5. The first kappa shape index (κ1) is 11.2. The fraction of sp³-hybridized carbons (Fsp3) is 0.500. The molecule has 0 aliphatic carbocycles. The minimum Gasteiger partial charge on any atom is -0.339 e. The van der Waals surface area contributed by atoms with E-state index in [4.69, 9.17) is 5.73 Å². The third-order valence-corrected chi connectivity index (χ3v) is 2.97. The van der Waals surface area contributed by atoms with Crippen molar-refractivity contribution in [2.24, 2.45) is 5.73 Å². The van der Waals surface area contributed by atoms with Crippen molar-refractivity contribution in [3.8, 4) is 0 Å². The van der Waals surface area contributed by atoms with E-state index in [2.05, 4.69) is 0 Å². The average Bonchev–Trinajstić information content (AvgIpc) is 2.68. The van der Waals surface area contributed by atoms with Crippen molar-refractivity contribution in [3.63, 3.8) is 0 Å². The lowest BCUT2D eigenvalue weighted by molar-refractivity contribution is -0.131. The normalized spacial score (nSPS) is 12.5. The van der Waals surface area contributed by atoms with Gasteiger partial charge in [0, 0.05) is 11.9 Å². The lowest BCUT2D eigenvalue weighted by Crippen LogP contribution is -2.40. The largest absolute Gasteiger partial charge is 0.339 e. The van der Waals surface area contributed by atoms with Crippen LogP contribution in [0.1, 0.15) is 18.2 Å². The molecule has 0 radical (unpaired) electrons. The number of likely N-dealkylation sites (N-methyl/N-ethyl adjacent to an activating group) is 1. The van der Waals surface area contributed by atoms with Crippen LogP contribution in [0.4, 0.5) is 0 Å². The second-order valence-corrected chi connectivity index (χ2v) is 4.32. The first-order chi connectivity index (χ1) is 6.65. The highest BCUT2D eigenvalue weighted by Crippen LogP contribution is 2.11. The molecule has 3 nitrogen and oxygen atoms in total. The molecule has 0 aromatic carbocycles. The van der Waals surface area contributed by atoms with Gasteiger partial charge in [-0.05, 0) is 17.9 Å². The van der Waals surface area contributed by atoms with Crippen LogP contribution in [-0.2, 0) is 11.3 Å². The molecule has 0 saturated carbocycles. The lowest BCUT2D eigenvalue weighted by Gasteiger charge is -2.19. The van der Waals surface area contributed by atoms with Gasteiger partial charge in [0.2, 0.25) is 5.91 Å². The second kappa shape index (κ2) is 5.12. The Bertz CT molecular complexity index is 284. The Morgan fingerprint density at radius 2 is 2.43 bits per heavy atom. The number of nitrogens with zero attached hydrogens (tertiary/aromatic N) is 1. The molecule has 2 N–H and O–H groups in total. The Morgan fingerprint density at radius 3 is 2.93 bits per heavy atom. The molecule has 1 heterocycles. The van der Waals surface area contributed by atoms with Gasteiger partial charge in [0.15, 0.2) is 0 Å². The summed E-state index contributed by atoms with van der Waals surface area (Å²) in [5, 5.41) is 2.01. The molecule has 1 aromatic rings. The molecule has 0 bridgehead atoms. The summed E-state index contributed by atoms with van der Waals surface area (Å²) in [5.41, 5.74) is 5.66. The van der Waals surface area contributed by atoms with Crippen LogP contribution in [0.25, 0.3) is 0 Å². The van der Waals surface area contributed by atoms with E-state index >= 15 is 0 Å². The standard InChI is InChI=1S/C10H16N2OS/c1-3-9(11)10(13)12(2)7-8-5-4-6-14-8/h4-6,9H,3,7,11H2,1-2H3/t9-/m1/s1. The van der Waals surface area contributed by atoms with Crippen molar-refractivity contribution in [1.82, 2.24) is 4.90 Å². The molecule has 0 aliphatic heterocycles. The monoisotopic (exact) mass is 212 g/mol. The van der Waals surface area contributed by atoms with Gasteiger partial charge in [0.25, 0.3) is 0 Å². The Hall–Kier alpha value is -0.870. The van der Waals surface area contributed by atoms with E-state index in [-0.39, 0.29) is 11.9 Å². The molecule has 1 atom stereocenters. The van der Waals surface area contributed by atoms with Crippen LogP contribution in [0.3, 0.4) is 0 Å². The minimum absolute atomic E-state index is 0.0147. The molecule has 1 aromatic heterocycles. The summed E-state index contributed by atoms with van der Waals surface area (Å²) in [6, 6.07) is 3.64. The summed E-state index contributed by atoms with van der Waals surface area (Å²) in [5.74, 6) is 0.0147. The van der Waals surface area contributed by atoms with E-state index < -0.39 is 0 Å². The number of carbonyl (C=O) groups is 1. The minimum atomic E-state index is -0.361. The maximum atomic E-state index is 11.6. The quantitative estimate of drug-likeness (QED) is 0.821. The predicted octanol–water partition coefficient (Wildman–Crippen LogP) is 1.44. The lowest BCUT2D eigenvalue weighted by atomic mass is 10.2. The van der Waals surface area contributed by atoms with Crippen molar-refractivity contribution < 1.29 is 4.79 Å². The number of carbonyl (C=O) groups excluding carboxylic acids is 1. The molecule has 78 valence electrons. The van der Waals surface area contributed by atoms with Gasteiger partial charge in [0.05, 0.1) is 12.6 Å². The molecule has 0 spiro atoms. The summed E-state index contributed by atoms with van der Waals surface area (Å²) in [6.07, 6.45) is 0.688. The first-order valence-corrected chi connectivity index (χ1v) is 5.56. The van der Waals surface area contributed by atoms with Crippen LogP contribution >= 0.6 is 11.3 Å². The van der Waals surface area contributed by atoms with Gasteiger partial charge in [0.1, 0.15) is 0 Å². The first-order valence-electron chi connectivity index (χ1n) is 4.68. The molecular formula is C10H16N2OS. The fourth-order valence-electron chi connectivity index (χ4n) is 1.17. The number of amides is 1. The van der Waals surface area contributed by atoms with E-state index in [1.807, 2.05) is 24.4 Å². The van der Waals surface area contributed by atoms with E-state index in [9.17, 15) is 4.79 Å². The highest BCUT2D eigenvalue weighted by Gasteiger charge is 2.16. The number of nitrogens with two attached hydrogens (primary N) is 1. The molecule has 1 amide bonds. The van der Waals surface area contributed by atoms with Gasteiger partial charge in [-0.25, -0.2) is 0 Å². The summed E-state index contributed by atoms with van der Waals surface area (Å²) in [7, 11) is 1.79. The number of hydrogen-bond acceptors (Lipinski definition) is 3. The van der Waals surface area contributed by atoms with E-state index in [0.717, 1.165) is 0 Å². The Kier molecular flexibility index (Phi) is 4.10. The number of hydrogen-bond donors (Lipinski definition) is 1. The molecule has 0 saturated heterocycles. The van der Waals surface area contributed by atoms with Crippen LogP contribution < -0.4 is 5.73 Å². The molecule has 0 unspecified atom stereocenters. The van der Waals surface area contributed by atoms with Gasteiger partial charge >= 0.3 is 0 Å². The third kappa shape index (κ3) is 2.82.